The lowest BCUT2D eigenvalue weighted by Gasteiger charge is -2.28. The number of hydrogen-bond donors (Lipinski definition) is 0. The molecule has 0 bridgehead atoms. The van der Waals surface area contributed by atoms with Crippen molar-refractivity contribution >= 4 is 42.6 Å². The van der Waals surface area contributed by atoms with Gasteiger partial charge < -0.3 is 0 Å². The minimum absolute atomic E-state index is 0.0320. The highest BCUT2D eigenvalue weighted by Crippen LogP contribution is 2.29. The lowest BCUT2D eigenvalue weighted by Crippen LogP contribution is -2.43. The van der Waals surface area contributed by atoms with E-state index in [2.05, 4.69) is 8.75 Å². The van der Waals surface area contributed by atoms with Crippen LogP contribution < -0.4 is 0 Å². The Morgan fingerprint density at radius 3 is 2.71 bits per heavy atom. The fourth-order valence-electron chi connectivity index (χ4n) is 2.92. The summed E-state index contributed by atoms with van der Waals surface area (Å²) >= 11 is 0.962. The molecule has 0 unspecified atom stereocenters. The van der Waals surface area contributed by atoms with Crippen LogP contribution in [0.4, 0.5) is 0 Å². The van der Waals surface area contributed by atoms with E-state index in [0.29, 0.717) is 17.5 Å². The standard InChI is InChI=1S/C14H19N3O4S3/c1-10(2)8-17(11-6-7-23(18,19)9-11)24(20,21)13-5-3-4-12-14(13)16-22-15-12/h3-5,10-11H,6-9H2,1-2H3/t11-/m1/s1. The van der Waals surface area contributed by atoms with Gasteiger partial charge in [0, 0.05) is 12.6 Å². The number of fused-ring (bicyclic) bond motifs is 1. The minimum atomic E-state index is -3.85. The fraction of sp³-hybridized carbons (Fsp3) is 0.571. The van der Waals surface area contributed by atoms with Crippen LogP contribution in [0.5, 0.6) is 0 Å². The van der Waals surface area contributed by atoms with E-state index < -0.39 is 25.9 Å². The molecule has 2 aromatic rings. The molecule has 24 heavy (non-hydrogen) atoms. The summed E-state index contributed by atoms with van der Waals surface area (Å²) in [5.41, 5.74) is 0.877. The summed E-state index contributed by atoms with van der Waals surface area (Å²) in [6, 6.07) is 4.33. The van der Waals surface area contributed by atoms with Crippen LogP contribution in [-0.4, -0.2) is 54.0 Å². The van der Waals surface area contributed by atoms with Crippen LogP contribution in [0.2, 0.25) is 0 Å². The third-order valence-corrected chi connectivity index (χ3v) is 8.24. The van der Waals surface area contributed by atoms with Gasteiger partial charge in [0.1, 0.15) is 15.9 Å². The molecule has 10 heteroatoms. The molecule has 1 aromatic heterocycles. The third-order valence-electron chi connectivity index (χ3n) is 4.00. The molecule has 1 aliphatic heterocycles. The zero-order chi connectivity index (χ0) is 17.5. The maximum absolute atomic E-state index is 13.2. The Bertz CT molecular complexity index is 951. The van der Waals surface area contributed by atoms with Crippen molar-refractivity contribution in [2.75, 3.05) is 18.1 Å². The molecule has 132 valence electrons. The Morgan fingerprint density at radius 1 is 1.33 bits per heavy atom. The van der Waals surface area contributed by atoms with Gasteiger partial charge in [0.05, 0.1) is 23.2 Å². The van der Waals surface area contributed by atoms with E-state index in [-0.39, 0.29) is 28.9 Å². The smallest absolute Gasteiger partial charge is 0.229 e. The summed E-state index contributed by atoms with van der Waals surface area (Å²) in [6.45, 7) is 4.10. The Labute approximate surface area is 146 Å². The topological polar surface area (TPSA) is 97.3 Å². The van der Waals surface area contributed by atoms with E-state index in [4.69, 9.17) is 0 Å². The highest BCUT2D eigenvalue weighted by atomic mass is 32.2. The summed E-state index contributed by atoms with van der Waals surface area (Å²) in [7, 11) is -7.04. The first-order valence-electron chi connectivity index (χ1n) is 7.64. The van der Waals surface area contributed by atoms with Crippen LogP contribution in [-0.2, 0) is 19.9 Å². The van der Waals surface area contributed by atoms with E-state index in [9.17, 15) is 16.8 Å². The molecule has 0 spiro atoms. The van der Waals surface area contributed by atoms with E-state index in [1.165, 1.54) is 10.4 Å². The van der Waals surface area contributed by atoms with Gasteiger partial charge in [0.2, 0.25) is 10.0 Å². The van der Waals surface area contributed by atoms with Crippen molar-refractivity contribution in [2.24, 2.45) is 5.92 Å². The molecule has 7 nitrogen and oxygen atoms in total. The zero-order valence-corrected chi connectivity index (χ0v) is 15.9. The van der Waals surface area contributed by atoms with Gasteiger partial charge in [-0.25, -0.2) is 16.8 Å². The van der Waals surface area contributed by atoms with Gasteiger partial charge in [-0.05, 0) is 24.5 Å². The Balaban J connectivity index is 2.07. The van der Waals surface area contributed by atoms with Gasteiger partial charge in [-0.15, -0.1) is 0 Å². The van der Waals surface area contributed by atoms with Gasteiger partial charge in [0.25, 0.3) is 0 Å². The molecule has 1 atom stereocenters. The van der Waals surface area contributed by atoms with Crippen molar-refractivity contribution in [1.29, 1.82) is 0 Å². The Kier molecular flexibility index (Phi) is 4.67. The van der Waals surface area contributed by atoms with E-state index >= 15 is 0 Å². The molecule has 0 radical (unpaired) electrons. The van der Waals surface area contributed by atoms with Crippen LogP contribution in [0.15, 0.2) is 23.1 Å². The van der Waals surface area contributed by atoms with E-state index in [1.54, 1.807) is 12.1 Å². The average molecular weight is 390 g/mol. The van der Waals surface area contributed by atoms with Crippen molar-refractivity contribution in [1.82, 2.24) is 13.1 Å². The predicted octanol–water partition coefficient (Wildman–Crippen LogP) is 1.53. The second-order valence-corrected chi connectivity index (χ2v) is 11.0. The summed E-state index contributed by atoms with van der Waals surface area (Å²) in [5.74, 6) is -0.00933. The number of hydrogen-bond acceptors (Lipinski definition) is 7. The average Bonchev–Trinajstić information content (AvgIpc) is 3.09. The normalized spacial score (nSPS) is 21.1. The number of sulfonamides is 1. The Hall–Kier alpha value is -1.10. The quantitative estimate of drug-likeness (QED) is 0.769. The van der Waals surface area contributed by atoms with Gasteiger partial charge in [-0.2, -0.15) is 13.1 Å². The number of benzene rings is 1. The van der Waals surface area contributed by atoms with Crippen LogP contribution in [0.3, 0.4) is 0 Å². The molecular formula is C14H19N3O4S3. The van der Waals surface area contributed by atoms with Crippen LogP contribution >= 0.6 is 11.7 Å². The summed E-state index contributed by atoms with van der Waals surface area (Å²) in [4.78, 5) is 0.0960. The summed E-state index contributed by atoms with van der Waals surface area (Å²) in [6.07, 6.45) is 0.333. The Morgan fingerprint density at radius 2 is 2.08 bits per heavy atom. The SMILES string of the molecule is CC(C)CN([C@@H]1CCS(=O)(=O)C1)S(=O)(=O)c1cccc2nsnc12. The number of nitrogens with zero attached hydrogens (tertiary/aromatic N) is 3. The van der Waals surface area contributed by atoms with Crippen molar-refractivity contribution in [3.63, 3.8) is 0 Å². The minimum Gasteiger partial charge on any atom is -0.229 e. The van der Waals surface area contributed by atoms with Crippen LogP contribution in [0.1, 0.15) is 20.3 Å². The molecule has 1 saturated heterocycles. The van der Waals surface area contributed by atoms with Gasteiger partial charge in [0.15, 0.2) is 9.84 Å². The van der Waals surface area contributed by atoms with E-state index in [0.717, 1.165) is 11.7 Å². The molecule has 3 rings (SSSR count). The van der Waals surface area contributed by atoms with Crippen molar-refractivity contribution in [2.45, 2.75) is 31.2 Å². The van der Waals surface area contributed by atoms with Crippen molar-refractivity contribution in [3.05, 3.63) is 18.2 Å². The summed E-state index contributed by atoms with van der Waals surface area (Å²) < 4.78 is 59.7. The highest BCUT2D eigenvalue weighted by molar-refractivity contribution is 7.92. The molecule has 1 fully saturated rings. The second kappa shape index (κ2) is 6.32. The third kappa shape index (κ3) is 3.32. The molecule has 0 aliphatic carbocycles. The van der Waals surface area contributed by atoms with Crippen LogP contribution in [0.25, 0.3) is 11.0 Å². The van der Waals surface area contributed by atoms with Crippen molar-refractivity contribution in [3.8, 4) is 0 Å². The molecule has 2 heterocycles. The molecule has 1 aliphatic rings. The predicted molar refractivity (Wildman–Crippen MR) is 93.2 cm³/mol. The molecule has 0 amide bonds. The molecular weight excluding hydrogens is 370 g/mol. The van der Waals surface area contributed by atoms with Gasteiger partial charge in [-0.3, -0.25) is 0 Å². The monoisotopic (exact) mass is 389 g/mol. The largest absolute Gasteiger partial charge is 0.245 e. The van der Waals surface area contributed by atoms with Crippen LogP contribution in [0, 0.1) is 5.92 Å². The maximum Gasteiger partial charge on any atom is 0.245 e. The second-order valence-electron chi connectivity index (χ2n) is 6.41. The highest BCUT2D eigenvalue weighted by Gasteiger charge is 2.39. The lowest BCUT2D eigenvalue weighted by molar-refractivity contribution is 0.308. The number of sulfone groups is 1. The first-order valence-corrected chi connectivity index (χ1v) is 11.6. The fourth-order valence-corrected chi connectivity index (χ4v) is 7.32. The first kappa shape index (κ1) is 17.7. The zero-order valence-electron chi connectivity index (χ0n) is 13.4. The lowest BCUT2D eigenvalue weighted by atomic mass is 10.2. The van der Waals surface area contributed by atoms with E-state index in [1.807, 2.05) is 13.8 Å². The number of aromatic nitrogens is 2. The maximum atomic E-state index is 13.2. The molecule has 0 saturated carbocycles. The summed E-state index contributed by atoms with van der Waals surface area (Å²) in [5, 5.41) is 0. The van der Waals surface area contributed by atoms with Gasteiger partial charge >= 0.3 is 0 Å². The van der Waals surface area contributed by atoms with Gasteiger partial charge in [-0.1, -0.05) is 19.9 Å². The first-order chi connectivity index (χ1) is 11.2. The number of rotatable bonds is 5. The molecule has 0 N–H and O–H groups in total. The van der Waals surface area contributed by atoms with Crippen molar-refractivity contribution < 1.29 is 16.8 Å². The molecule has 1 aromatic carbocycles.